The van der Waals surface area contributed by atoms with Crippen molar-refractivity contribution in [3.63, 3.8) is 0 Å². The summed E-state index contributed by atoms with van der Waals surface area (Å²) in [4.78, 5) is 0. The number of rotatable bonds is 3. The van der Waals surface area contributed by atoms with Crippen LogP contribution in [-0.4, -0.2) is 6.54 Å². The molecule has 2 aliphatic rings. The number of hydrogen-bond acceptors (Lipinski definition) is 1. The zero-order valence-electron chi connectivity index (χ0n) is 13.8. The van der Waals surface area contributed by atoms with Crippen LogP contribution in [0.2, 0.25) is 0 Å². The van der Waals surface area contributed by atoms with E-state index >= 15 is 0 Å². The second-order valence-electron chi connectivity index (χ2n) is 6.91. The molecule has 2 atom stereocenters. The third-order valence-electron chi connectivity index (χ3n) is 5.42. The molecule has 1 heterocycles. The minimum absolute atomic E-state index is 0.822. The lowest BCUT2D eigenvalue weighted by Gasteiger charge is -2.32. The van der Waals surface area contributed by atoms with Crippen LogP contribution in [0, 0.1) is 11.8 Å². The molecular weight excluding hydrogens is 242 g/mol. The van der Waals surface area contributed by atoms with Gasteiger partial charge in [-0.05, 0) is 55.9 Å². The molecule has 0 radical (unpaired) electrons. The molecule has 2 unspecified atom stereocenters. The maximum absolute atomic E-state index is 3.83. The van der Waals surface area contributed by atoms with E-state index in [1.807, 2.05) is 5.57 Å². The van der Waals surface area contributed by atoms with Crippen LogP contribution >= 0.6 is 0 Å². The topological polar surface area (TPSA) is 12.0 Å². The molecule has 0 amide bonds. The van der Waals surface area contributed by atoms with Gasteiger partial charge in [-0.2, -0.15) is 0 Å². The van der Waals surface area contributed by atoms with Gasteiger partial charge in [0.15, 0.2) is 0 Å². The Hall–Kier alpha value is -0.460. The van der Waals surface area contributed by atoms with Gasteiger partial charge in [-0.25, -0.2) is 0 Å². The normalized spacial score (nSPS) is 29.3. The molecule has 0 spiro atoms. The maximum Gasteiger partial charge on any atom is 0.0147 e. The largest absolute Gasteiger partial charge is 0.388 e. The summed E-state index contributed by atoms with van der Waals surface area (Å²) in [6.07, 6.45) is 17.0. The van der Waals surface area contributed by atoms with E-state index in [2.05, 4.69) is 19.2 Å². The van der Waals surface area contributed by atoms with Crippen molar-refractivity contribution >= 4 is 0 Å². The van der Waals surface area contributed by atoms with Gasteiger partial charge < -0.3 is 5.32 Å². The Morgan fingerprint density at radius 3 is 2.30 bits per heavy atom. The second-order valence-corrected chi connectivity index (χ2v) is 6.91. The van der Waals surface area contributed by atoms with Gasteiger partial charge in [0.25, 0.3) is 0 Å². The van der Waals surface area contributed by atoms with Crippen LogP contribution in [-0.2, 0) is 0 Å². The molecule has 116 valence electrons. The SMILES string of the molecule is CCCC1CCCCCCCC(CC)C2=C1CCCN2. The number of hydrogen-bond donors (Lipinski definition) is 1. The van der Waals surface area contributed by atoms with Gasteiger partial charge in [-0.15, -0.1) is 0 Å². The van der Waals surface area contributed by atoms with E-state index in [1.165, 1.54) is 83.6 Å². The van der Waals surface area contributed by atoms with Gasteiger partial charge in [-0.3, -0.25) is 0 Å². The Kier molecular flexibility index (Phi) is 6.96. The standard InChI is InChI=1S/C19H35N/c1-3-11-17-13-9-7-5-6-8-12-16(4-2)19-18(17)14-10-15-20-19/h16-17,20H,3-15H2,1-2H3. The third kappa shape index (κ3) is 4.27. The van der Waals surface area contributed by atoms with E-state index in [4.69, 9.17) is 0 Å². The van der Waals surface area contributed by atoms with Gasteiger partial charge in [0.1, 0.15) is 0 Å². The zero-order valence-corrected chi connectivity index (χ0v) is 13.8. The predicted molar refractivity (Wildman–Crippen MR) is 88.8 cm³/mol. The van der Waals surface area contributed by atoms with E-state index in [1.54, 1.807) is 5.70 Å². The minimum Gasteiger partial charge on any atom is -0.388 e. The number of allylic oxidation sites excluding steroid dienone is 2. The summed E-state index contributed by atoms with van der Waals surface area (Å²) < 4.78 is 0. The Balaban J connectivity index is 2.22. The Morgan fingerprint density at radius 1 is 0.900 bits per heavy atom. The molecule has 1 aliphatic heterocycles. The average molecular weight is 277 g/mol. The summed E-state index contributed by atoms with van der Waals surface area (Å²) in [6.45, 7) is 5.97. The van der Waals surface area contributed by atoms with Crippen molar-refractivity contribution < 1.29 is 0 Å². The Bertz CT molecular complexity index is 305. The summed E-state index contributed by atoms with van der Waals surface area (Å²) in [7, 11) is 0. The summed E-state index contributed by atoms with van der Waals surface area (Å²) >= 11 is 0. The molecule has 0 saturated heterocycles. The van der Waals surface area contributed by atoms with Gasteiger partial charge in [0, 0.05) is 12.2 Å². The van der Waals surface area contributed by atoms with E-state index in [-0.39, 0.29) is 0 Å². The lowest BCUT2D eigenvalue weighted by Crippen LogP contribution is -2.29. The molecule has 0 aromatic heterocycles. The Morgan fingerprint density at radius 2 is 1.60 bits per heavy atom. The van der Waals surface area contributed by atoms with Gasteiger partial charge in [-0.1, -0.05) is 52.4 Å². The van der Waals surface area contributed by atoms with E-state index in [9.17, 15) is 0 Å². The molecule has 0 aromatic carbocycles. The molecule has 20 heavy (non-hydrogen) atoms. The highest BCUT2D eigenvalue weighted by molar-refractivity contribution is 5.21. The van der Waals surface area contributed by atoms with Crippen LogP contribution in [0.1, 0.15) is 90.9 Å². The van der Waals surface area contributed by atoms with Crippen LogP contribution < -0.4 is 5.32 Å². The summed E-state index contributed by atoms with van der Waals surface area (Å²) in [5.74, 6) is 1.71. The van der Waals surface area contributed by atoms with E-state index in [0.29, 0.717) is 0 Å². The summed E-state index contributed by atoms with van der Waals surface area (Å²) in [5.41, 5.74) is 3.53. The monoisotopic (exact) mass is 277 g/mol. The summed E-state index contributed by atoms with van der Waals surface area (Å²) in [5, 5.41) is 3.83. The molecule has 0 aromatic rings. The lowest BCUT2D eigenvalue weighted by atomic mass is 9.80. The maximum atomic E-state index is 3.83. The van der Waals surface area contributed by atoms with E-state index in [0.717, 1.165) is 11.8 Å². The highest BCUT2D eigenvalue weighted by Gasteiger charge is 2.25. The Labute approximate surface area is 126 Å². The molecule has 1 N–H and O–H groups in total. The van der Waals surface area contributed by atoms with Crippen LogP contribution in [0.5, 0.6) is 0 Å². The molecule has 0 fully saturated rings. The highest BCUT2D eigenvalue weighted by atomic mass is 14.9. The first-order valence-corrected chi connectivity index (χ1v) is 9.33. The fourth-order valence-corrected chi connectivity index (χ4v) is 4.29. The summed E-state index contributed by atoms with van der Waals surface area (Å²) in [6, 6.07) is 0. The van der Waals surface area contributed by atoms with Crippen LogP contribution in [0.25, 0.3) is 0 Å². The quantitative estimate of drug-likeness (QED) is 0.686. The van der Waals surface area contributed by atoms with Crippen molar-refractivity contribution in [2.45, 2.75) is 90.9 Å². The molecule has 1 aliphatic carbocycles. The van der Waals surface area contributed by atoms with Crippen molar-refractivity contribution in [2.24, 2.45) is 11.8 Å². The van der Waals surface area contributed by atoms with Crippen molar-refractivity contribution in [3.05, 3.63) is 11.3 Å². The van der Waals surface area contributed by atoms with Crippen molar-refractivity contribution in [1.82, 2.24) is 5.32 Å². The van der Waals surface area contributed by atoms with Crippen molar-refractivity contribution in [3.8, 4) is 0 Å². The molecule has 1 nitrogen and oxygen atoms in total. The second kappa shape index (κ2) is 8.74. The third-order valence-corrected chi connectivity index (χ3v) is 5.42. The average Bonchev–Trinajstić information content (AvgIpc) is 2.52. The molecule has 0 saturated carbocycles. The fraction of sp³-hybridized carbons (Fsp3) is 0.895. The van der Waals surface area contributed by atoms with Crippen LogP contribution in [0.4, 0.5) is 0 Å². The first kappa shape index (κ1) is 15.9. The molecule has 0 bridgehead atoms. The van der Waals surface area contributed by atoms with Crippen LogP contribution in [0.3, 0.4) is 0 Å². The van der Waals surface area contributed by atoms with Crippen LogP contribution in [0.15, 0.2) is 11.3 Å². The van der Waals surface area contributed by atoms with Gasteiger partial charge >= 0.3 is 0 Å². The van der Waals surface area contributed by atoms with Crippen molar-refractivity contribution in [1.29, 1.82) is 0 Å². The minimum atomic E-state index is 0.822. The van der Waals surface area contributed by atoms with Gasteiger partial charge in [0.2, 0.25) is 0 Å². The predicted octanol–water partition coefficient (Wildman–Crippen LogP) is 5.81. The van der Waals surface area contributed by atoms with Crippen molar-refractivity contribution in [2.75, 3.05) is 6.54 Å². The van der Waals surface area contributed by atoms with E-state index < -0.39 is 0 Å². The zero-order chi connectivity index (χ0) is 14.2. The molecule has 2 rings (SSSR count). The smallest absolute Gasteiger partial charge is 0.0147 e. The molecule has 1 heteroatoms. The highest BCUT2D eigenvalue weighted by Crippen LogP contribution is 2.36. The van der Waals surface area contributed by atoms with Gasteiger partial charge in [0.05, 0.1) is 0 Å². The first-order valence-electron chi connectivity index (χ1n) is 9.33. The lowest BCUT2D eigenvalue weighted by molar-refractivity contribution is 0.417. The first-order chi connectivity index (χ1) is 9.86. The molecular formula is C19H35N. The number of nitrogens with one attached hydrogen (secondary N) is 1. The fourth-order valence-electron chi connectivity index (χ4n) is 4.29.